The van der Waals surface area contributed by atoms with Gasteiger partial charge in [0.1, 0.15) is 0 Å². The third-order valence-corrected chi connectivity index (χ3v) is 5.13. The van der Waals surface area contributed by atoms with E-state index in [-0.39, 0.29) is 17.5 Å². The zero-order valence-corrected chi connectivity index (χ0v) is 12.7. The van der Waals surface area contributed by atoms with Gasteiger partial charge in [-0.2, -0.15) is 0 Å². The Bertz CT molecular complexity index is 410. The number of amides is 1. The molecule has 1 saturated carbocycles. The molecule has 0 spiro atoms. The molecule has 4 heteroatoms. The van der Waals surface area contributed by atoms with Crippen molar-refractivity contribution >= 4 is 17.2 Å². The summed E-state index contributed by atoms with van der Waals surface area (Å²) in [6.45, 7) is 2.11. The molecule has 1 fully saturated rings. The topological polar surface area (TPSA) is 46.3 Å². The molecule has 1 amide bonds. The monoisotopic (exact) mass is 280 g/mol. The van der Waals surface area contributed by atoms with E-state index in [1.165, 1.54) is 4.88 Å². The van der Waals surface area contributed by atoms with E-state index in [1.807, 2.05) is 11.9 Å². The second-order valence-electron chi connectivity index (χ2n) is 5.88. The lowest BCUT2D eigenvalue weighted by atomic mass is 9.94. The molecule has 0 saturated heterocycles. The molecule has 0 aromatic carbocycles. The van der Waals surface area contributed by atoms with Crippen molar-refractivity contribution in [3.63, 3.8) is 0 Å². The third kappa shape index (κ3) is 3.80. The fourth-order valence-corrected chi connectivity index (χ4v) is 3.61. The molecular weight excluding hydrogens is 256 g/mol. The van der Waals surface area contributed by atoms with E-state index < -0.39 is 0 Å². The molecule has 0 aliphatic heterocycles. The fraction of sp³-hybridized carbons (Fsp3) is 0.667. The Balaban J connectivity index is 1.87. The number of nitrogens with zero attached hydrogens (tertiary/aromatic N) is 1. The van der Waals surface area contributed by atoms with Crippen molar-refractivity contribution < 1.29 is 4.79 Å². The van der Waals surface area contributed by atoms with Crippen LogP contribution in [0.2, 0.25) is 0 Å². The molecule has 19 heavy (non-hydrogen) atoms. The maximum absolute atomic E-state index is 12.3. The molecule has 2 N–H and O–H groups in total. The predicted molar refractivity (Wildman–Crippen MR) is 80.3 cm³/mol. The molecule has 1 atom stereocenters. The summed E-state index contributed by atoms with van der Waals surface area (Å²) >= 11 is 1.75. The molecule has 1 aliphatic carbocycles. The Morgan fingerprint density at radius 1 is 1.53 bits per heavy atom. The first-order valence-electron chi connectivity index (χ1n) is 7.07. The molecule has 2 rings (SSSR count). The first-order valence-corrected chi connectivity index (χ1v) is 7.95. The molecule has 1 aliphatic rings. The number of thiophene rings is 1. The van der Waals surface area contributed by atoms with Gasteiger partial charge in [0, 0.05) is 36.3 Å². The van der Waals surface area contributed by atoms with Gasteiger partial charge in [-0.25, -0.2) is 0 Å². The van der Waals surface area contributed by atoms with E-state index in [1.54, 1.807) is 11.3 Å². The molecule has 1 unspecified atom stereocenters. The summed E-state index contributed by atoms with van der Waals surface area (Å²) in [5.41, 5.74) is 6.05. The summed E-state index contributed by atoms with van der Waals surface area (Å²) in [6, 6.07) is 4.42. The summed E-state index contributed by atoms with van der Waals surface area (Å²) in [4.78, 5) is 15.5. The zero-order chi connectivity index (χ0) is 13.9. The fourth-order valence-electron chi connectivity index (χ4n) is 2.78. The minimum Gasteiger partial charge on any atom is -0.343 e. The van der Waals surface area contributed by atoms with Crippen LogP contribution in [0.15, 0.2) is 17.5 Å². The van der Waals surface area contributed by atoms with E-state index >= 15 is 0 Å². The first-order chi connectivity index (χ1) is 9.00. The zero-order valence-electron chi connectivity index (χ0n) is 11.9. The van der Waals surface area contributed by atoms with Gasteiger partial charge in [0.05, 0.1) is 0 Å². The van der Waals surface area contributed by atoms with Gasteiger partial charge in [-0.3, -0.25) is 4.79 Å². The Morgan fingerprint density at radius 3 is 2.79 bits per heavy atom. The Labute approximate surface area is 119 Å². The maximum Gasteiger partial charge on any atom is 0.224 e. The van der Waals surface area contributed by atoms with Gasteiger partial charge in [0.2, 0.25) is 5.91 Å². The van der Waals surface area contributed by atoms with Crippen LogP contribution in [0.5, 0.6) is 0 Å². The minimum absolute atomic E-state index is 0.188. The van der Waals surface area contributed by atoms with Crippen LogP contribution < -0.4 is 5.73 Å². The quantitative estimate of drug-likeness (QED) is 0.901. The van der Waals surface area contributed by atoms with Gasteiger partial charge >= 0.3 is 0 Å². The predicted octanol–water partition coefficient (Wildman–Crippen LogP) is 2.80. The molecule has 1 heterocycles. The highest BCUT2D eigenvalue weighted by atomic mass is 32.1. The van der Waals surface area contributed by atoms with Crippen LogP contribution >= 0.6 is 11.3 Å². The molecule has 0 bridgehead atoms. The van der Waals surface area contributed by atoms with Crippen LogP contribution in [0.4, 0.5) is 0 Å². The van der Waals surface area contributed by atoms with Crippen molar-refractivity contribution in [3.8, 4) is 0 Å². The summed E-state index contributed by atoms with van der Waals surface area (Å²) in [5.74, 6) is 0.188. The molecule has 3 nitrogen and oxygen atoms in total. The van der Waals surface area contributed by atoms with Crippen LogP contribution in [-0.2, 0) is 11.2 Å². The standard InChI is InChI=1S/C15H24N2OS/c1-12(10-13-6-5-9-19-13)17(2)14(18)11-15(16)7-3-4-8-15/h5-6,9,12H,3-4,7-8,10-11,16H2,1-2H3. The number of nitrogens with two attached hydrogens (primary N) is 1. The first kappa shape index (κ1) is 14.5. The van der Waals surface area contributed by atoms with Crippen LogP contribution in [0.1, 0.15) is 43.9 Å². The lowest BCUT2D eigenvalue weighted by molar-refractivity contribution is -0.132. The molecule has 1 aromatic rings. The molecule has 106 valence electrons. The average molecular weight is 280 g/mol. The lowest BCUT2D eigenvalue weighted by Gasteiger charge is -2.29. The number of rotatable bonds is 5. The Kier molecular flexibility index (Phi) is 4.63. The Morgan fingerprint density at radius 2 is 2.21 bits per heavy atom. The van der Waals surface area contributed by atoms with Crippen LogP contribution in [-0.4, -0.2) is 29.4 Å². The summed E-state index contributed by atoms with van der Waals surface area (Å²) in [6.07, 6.45) is 5.74. The van der Waals surface area contributed by atoms with E-state index in [9.17, 15) is 4.79 Å². The van der Waals surface area contributed by atoms with E-state index in [2.05, 4.69) is 24.4 Å². The van der Waals surface area contributed by atoms with Crippen LogP contribution in [0.3, 0.4) is 0 Å². The maximum atomic E-state index is 12.3. The number of hydrogen-bond acceptors (Lipinski definition) is 3. The van der Waals surface area contributed by atoms with E-state index in [0.717, 1.165) is 32.1 Å². The number of carbonyl (C=O) groups is 1. The highest BCUT2D eigenvalue weighted by molar-refractivity contribution is 7.09. The normalized spacial score (nSPS) is 19.3. The van der Waals surface area contributed by atoms with Crippen LogP contribution in [0.25, 0.3) is 0 Å². The number of carbonyl (C=O) groups excluding carboxylic acids is 1. The van der Waals surface area contributed by atoms with Crippen molar-refractivity contribution in [3.05, 3.63) is 22.4 Å². The van der Waals surface area contributed by atoms with Crippen molar-refractivity contribution in [1.82, 2.24) is 4.90 Å². The van der Waals surface area contributed by atoms with Crippen molar-refractivity contribution in [1.29, 1.82) is 0 Å². The summed E-state index contributed by atoms with van der Waals surface area (Å²) in [7, 11) is 1.90. The van der Waals surface area contributed by atoms with Gasteiger partial charge in [-0.15, -0.1) is 11.3 Å². The van der Waals surface area contributed by atoms with Gasteiger partial charge in [0.25, 0.3) is 0 Å². The smallest absolute Gasteiger partial charge is 0.224 e. The molecule has 1 aromatic heterocycles. The van der Waals surface area contributed by atoms with E-state index in [0.29, 0.717) is 6.42 Å². The Hall–Kier alpha value is -0.870. The average Bonchev–Trinajstić information content (AvgIpc) is 3.00. The van der Waals surface area contributed by atoms with Crippen molar-refractivity contribution in [2.75, 3.05) is 7.05 Å². The van der Waals surface area contributed by atoms with E-state index in [4.69, 9.17) is 5.73 Å². The minimum atomic E-state index is -0.242. The highest BCUT2D eigenvalue weighted by Gasteiger charge is 2.33. The van der Waals surface area contributed by atoms with Crippen molar-refractivity contribution in [2.45, 2.75) is 57.0 Å². The van der Waals surface area contributed by atoms with Gasteiger partial charge in [0.15, 0.2) is 0 Å². The van der Waals surface area contributed by atoms with Crippen molar-refractivity contribution in [2.24, 2.45) is 5.73 Å². The molecule has 0 radical (unpaired) electrons. The molecular formula is C15H24N2OS. The van der Waals surface area contributed by atoms with Crippen LogP contribution in [0, 0.1) is 0 Å². The second-order valence-corrected chi connectivity index (χ2v) is 6.92. The third-order valence-electron chi connectivity index (χ3n) is 4.23. The second kappa shape index (κ2) is 6.06. The lowest BCUT2D eigenvalue weighted by Crippen LogP contribution is -2.45. The summed E-state index contributed by atoms with van der Waals surface area (Å²) in [5, 5.41) is 2.08. The largest absolute Gasteiger partial charge is 0.343 e. The van der Waals surface area contributed by atoms with Gasteiger partial charge < -0.3 is 10.6 Å². The van der Waals surface area contributed by atoms with Gasteiger partial charge in [-0.1, -0.05) is 18.9 Å². The van der Waals surface area contributed by atoms with Gasteiger partial charge in [-0.05, 0) is 31.2 Å². The number of hydrogen-bond donors (Lipinski definition) is 1. The number of likely N-dealkylation sites (N-methyl/N-ethyl adjacent to an activating group) is 1. The summed E-state index contributed by atoms with van der Waals surface area (Å²) < 4.78 is 0. The SMILES string of the molecule is CC(Cc1cccs1)N(C)C(=O)CC1(N)CCCC1. The highest BCUT2D eigenvalue weighted by Crippen LogP contribution is 2.30.